The van der Waals surface area contributed by atoms with Gasteiger partial charge in [0.05, 0.1) is 12.6 Å². The third kappa shape index (κ3) is 2.19. The first-order valence-corrected chi connectivity index (χ1v) is 4.05. The van der Waals surface area contributed by atoms with Gasteiger partial charge in [-0.2, -0.15) is 5.10 Å². The number of carboxylic acids is 1. The molecular weight excluding hydrogens is 194 g/mol. The summed E-state index contributed by atoms with van der Waals surface area (Å²) in [6, 6.07) is -0.598. The smallest absolute Gasteiger partial charge is 0.305 e. The molecule has 0 saturated heterocycles. The Morgan fingerprint density at radius 1 is 1.92 bits per heavy atom. The standard InChI is InChI=1S/C7H10ClN3O2/c1-11-7(8)4(3-10-11)5(9)2-6(12)13/h3,5H,2,9H2,1H3,(H,12,13)/t5-/m0/s1. The summed E-state index contributed by atoms with van der Waals surface area (Å²) in [7, 11) is 1.67. The molecule has 13 heavy (non-hydrogen) atoms. The Bertz CT molecular complexity index is 324. The van der Waals surface area contributed by atoms with Gasteiger partial charge in [0.1, 0.15) is 5.15 Å². The molecular formula is C7H10ClN3O2. The number of carboxylic acid groups (broad SMARTS) is 1. The molecule has 1 aromatic rings. The largest absolute Gasteiger partial charge is 0.481 e. The first-order chi connectivity index (χ1) is 6.02. The maximum atomic E-state index is 10.4. The predicted octanol–water partition coefficient (Wildman–Crippen LogP) is 0.548. The minimum absolute atomic E-state index is 0.147. The maximum Gasteiger partial charge on any atom is 0.305 e. The van der Waals surface area contributed by atoms with Gasteiger partial charge in [-0.05, 0) is 0 Å². The van der Waals surface area contributed by atoms with Crippen LogP contribution in [0.1, 0.15) is 18.0 Å². The summed E-state index contributed by atoms with van der Waals surface area (Å²) in [5, 5.41) is 12.7. The van der Waals surface area contributed by atoms with Crippen molar-refractivity contribution in [2.24, 2.45) is 12.8 Å². The van der Waals surface area contributed by atoms with E-state index in [1.807, 2.05) is 0 Å². The van der Waals surface area contributed by atoms with Crippen LogP contribution in [-0.4, -0.2) is 20.9 Å². The van der Waals surface area contributed by atoms with Crippen LogP contribution in [0.25, 0.3) is 0 Å². The molecule has 1 rings (SSSR count). The third-order valence-corrected chi connectivity index (χ3v) is 2.15. The Morgan fingerprint density at radius 2 is 2.54 bits per heavy atom. The highest BCUT2D eigenvalue weighted by Crippen LogP contribution is 2.22. The fourth-order valence-corrected chi connectivity index (χ4v) is 1.22. The lowest BCUT2D eigenvalue weighted by Crippen LogP contribution is -2.14. The number of rotatable bonds is 3. The summed E-state index contributed by atoms with van der Waals surface area (Å²) >= 11 is 5.81. The van der Waals surface area contributed by atoms with E-state index < -0.39 is 12.0 Å². The Morgan fingerprint density at radius 3 is 2.92 bits per heavy atom. The van der Waals surface area contributed by atoms with Crippen molar-refractivity contribution in [2.75, 3.05) is 0 Å². The van der Waals surface area contributed by atoms with Gasteiger partial charge in [-0.25, -0.2) is 0 Å². The molecule has 72 valence electrons. The third-order valence-electron chi connectivity index (χ3n) is 1.69. The Hall–Kier alpha value is -1.07. The van der Waals surface area contributed by atoms with Gasteiger partial charge >= 0.3 is 5.97 Å². The van der Waals surface area contributed by atoms with Crippen molar-refractivity contribution in [1.29, 1.82) is 0 Å². The molecule has 6 heteroatoms. The van der Waals surface area contributed by atoms with Crippen LogP contribution in [0.3, 0.4) is 0 Å². The second kappa shape index (κ2) is 3.76. The van der Waals surface area contributed by atoms with Crippen molar-refractivity contribution in [3.63, 3.8) is 0 Å². The second-order valence-corrected chi connectivity index (χ2v) is 3.08. The summed E-state index contributed by atoms with van der Waals surface area (Å²) in [5.74, 6) is -0.951. The molecule has 5 nitrogen and oxygen atoms in total. The number of aromatic nitrogens is 2. The number of halogens is 1. The van der Waals surface area contributed by atoms with Crippen molar-refractivity contribution in [3.05, 3.63) is 16.9 Å². The van der Waals surface area contributed by atoms with E-state index in [0.717, 1.165) is 0 Å². The van der Waals surface area contributed by atoms with Crippen molar-refractivity contribution < 1.29 is 9.90 Å². The quantitative estimate of drug-likeness (QED) is 0.752. The van der Waals surface area contributed by atoms with Gasteiger partial charge in [-0.15, -0.1) is 0 Å². The van der Waals surface area contributed by atoms with Crippen molar-refractivity contribution >= 4 is 17.6 Å². The van der Waals surface area contributed by atoms with Gasteiger partial charge in [0.2, 0.25) is 0 Å². The van der Waals surface area contributed by atoms with Crippen LogP contribution in [0.15, 0.2) is 6.20 Å². The van der Waals surface area contributed by atoms with E-state index in [-0.39, 0.29) is 6.42 Å². The minimum atomic E-state index is -0.951. The van der Waals surface area contributed by atoms with E-state index in [4.69, 9.17) is 22.4 Å². The lowest BCUT2D eigenvalue weighted by atomic mass is 10.1. The number of hydrogen-bond acceptors (Lipinski definition) is 3. The van der Waals surface area contributed by atoms with Gasteiger partial charge in [-0.3, -0.25) is 9.48 Å². The number of carbonyl (C=O) groups is 1. The highest BCUT2D eigenvalue weighted by atomic mass is 35.5. The predicted molar refractivity (Wildman–Crippen MR) is 47.4 cm³/mol. The number of aryl methyl sites for hydroxylation is 1. The highest BCUT2D eigenvalue weighted by molar-refractivity contribution is 6.30. The van der Waals surface area contributed by atoms with E-state index in [1.165, 1.54) is 10.9 Å². The van der Waals surface area contributed by atoms with Gasteiger partial charge in [-0.1, -0.05) is 11.6 Å². The van der Waals surface area contributed by atoms with Crippen LogP contribution in [0.4, 0.5) is 0 Å². The molecule has 1 aromatic heterocycles. The summed E-state index contributed by atoms with van der Waals surface area (Å²) in [5.41, 5.74) is 6.15. The van der Waals surface area contributed by atoms with Gasteiger partial charge in [0.15, 0.2) is 0 Å². The summed E-state index contributed by atoms with van der Waals surface area (Å²) in [6.45, 7) is 0. The fraction of sp³-hybridized carbons (Fsp3) is 0.429. The average Bonchev–Trinajstić information content (AvgIpc) is 2.31. The Labute approximate surface area is 80.1 Å². The van der Waals surface area contributed by atoms with Crippen molar-refractivity contribution in [1.82, 2.24) is 9.78 Å². The fourth-order valence-electron chi connectivity index (χ4n) is 0.986. The molecule has 1 heterocycles. The normalized spacial score (nSPS) is 12.8. The second-order valence-electron chi connectivity index (χ2n) is 2.72. The molecule has 0 aliphatic carbocycles. The molecule has 0 fully saturated rings. The lowest BCUT2D eigenvalue weighted by Gasteiger charge is -2.06. The highest BCUT2D eigenvalue weighted by Gasteiger charge is 2.16. The average molecular weight is 204 g/mol. The van der Waals surface area contributed by atoms with Crippen LogP contribution in [0.5, 0.6) is 0 Å². The lowest BCUT2D eigenvalue weighted by molar-refractivity contribution is -0.137. The molecule has 0 bridgehead atoms. The zero-order valence-corrected chi connectivity index (χ0v) is 7.82. The number of aliphatic carboxylic acids is 1. The molecule has 1 atom stereocenters. The first-order valence-electron chi connectivity index (χ1n) is 3.67. The molecule has 3 N–H and O–H groups in total. The van der Waals surface area contributed by atoms with Crippen LogP contribution in [0.2, 0.25) is 5.15 Å². The molecule has 0 aromatic carbocycles. The zero-order valence-electron chi connectivity index (χ0n) is 7.07. The monoisotopic (exact) mass is 203 g/mol. The van der Waals surface area contributed by atoms with E-state index in [0.29, 0.717) is 10.7 Å². The van der Waals surface area contributed by atoms with Gasteiger partial charge in [0.25, 0.3) is 0 Å². The van der Waals surface area contributed by atoms with Crippen molar-refractivity contribution in [3.8, 4) is 0 Å². The SMILES string of the molecule is Cn1ncc([C@@H](N)CC(=O)O)c1Cl. The number of hydrogen-bond donors (Lipinski definition) is 2. The summed E-state index contributed by atoms with van der Waals surface area (Å²) in [6.07, 6.45) is 1.33. The van der Waals surface area contributed by atoms with E-state index in [2.05, 4.69) is 5.10 Å². The summed E-state index contributed by atoms with van der Waals surface area (Å²) < 4.78 is 1.44. The molecule has 0 aliphatic rings. The molecule has 0 saturated carbocycles. The Balaban J connectivity index is 2.82. The molecule has 0 aliphatic heterocycles. The van der Waals surface area contributed by atoms with Crippen LogP contribution >= 0.6 is 11.6 Å². The zero-order chi connectivity index (χ0) is 10.0. The van der Waals surface area contributed by atoms with E-state index >= 15 is 0 Å². The molecule has 0 unspecified atom stereocenters. The molecule has 0 amide bonds. The van der Waals surface area contributed by atoms with E-state index in [1.54, 1.807) is 7.05 Å². The Kier molecular flexibility index (Phi) is 2.90. The molecule has 0 spiro atoms. The van der Waals surface area contributed by atoms with Crippen LogP contribution < -0.4 is 5.73 Å². The molecule has 0 radical (unpaired) electrons. The van der Waals surface area contributed by atoms with Gasteiger partial charge < -0.3 is 10.8 Å². The van der Waals surface area contributed by atoms with Crippen molar-refractivity contribution in [2.45, 2.75) is 12.5 Å². The summed E-state index contributed by atoms with van der Waals surface area (Å²) in [4.78, 5) is 10.4. The topological polar surface area (TPSA) is 81.1 Å². The van der Waals surface area contributed by atoms with Gasteiger partial charge in [0, 0.05) is 18.7 Å². The first kappa shape index (κ1) is 10.0. The maximum absolute atomic E-state index is 10.4. The van der Waals surface area contributed by atoms with E-state index in [9.17, 15) is 4.79 Å². The number of nitrogens with zero attached hydrogens (tertiary/aromatic N) is 2. The minimum Gasteiger partial charge on any atom is -0.481 e. The van der Waals surface area contributed by atoms with Crippen LogP contribution in [-0.2, 0) is 11.8 Å². The van der Waals surface area contributed by atoms with Crippen LogP contribution in [0, 0.1) is 0 Å². The number of nitrogens with two attached hydrogens (primary N) is 1.